The molecule has 1 aliphatic rings. The summed E-state index contributed by atoms with van der Waals surface area (Å²) in [6.07, 6.45) is 0.953. The van der Waals surface area contributed by atoms with Gasteiger partial charge in [-0.05, 0) is 24.2 Å². The molecule has 1 radical (unpaired) electrons. The maximum Gasteiger partial charge on any atom is 0.153 e. The first-order valence-corrected chi connectivity index (χ1v) is 6.79. The first-order valence-electron chi connectivity index (χ1n) is 6.79. The average molecular weight is 367 g/mol. The van der Waals surface area contributed by atoms with E-state index in [2.05, 4.69) is 10.2 Å². The second-order valence-corrected chi connectivity index (χ2v) is 4.64. The van der Waals surface area contributed by atoms with Gasteiger partial charge in [-0.2, -0.15) is 0 Å². The van der Waals surface area contributed by atoms with E-state index in [0.717, 1.165) is 39.3 Å². The molecule has 1 heterocycles. The maximum absolute atomic E-state index is 10.7. The van der Waals surface area contributed by atoms with Gasteiger partial charge in [0.1, 0.15) is 5.75 Å². The van der Waals surface area contributed by atoms with Gasteiger partial charge in [0.25, 0.3) is 0 Å². The van der Waals surface area contributed by atoms with E-state index in [0.29, 0.717) is 18.0 Å². The number of nitrogens with one attached hydrogen (secondary N) is 2. The summed E-state index contributed by atoms with van der Waals surface area (Å²) < 4.78 is 10.9. The van der Waals surface area contributed by atoms with Crippen molar-refractivity contribution in [1.29, 1.82) is 0 Å². The van der Waals surface area contributed by atoms with E-state index >= 15 is 0 Å². The molecule has 21 heavy (non-hydrogen) atoms. The summed E-state index contributed by atoms with van der Waals surface area (Å²) in [5.74, 6) is 0.707. The van der Waals surface area contributed by atoms with Crippen LogP contribution in [-0.4, -0.2) is 50.4 Å². The fourth-order valence-electron chi connectivity index (χ4n) is 2.10. The number of rotatable bonds is 6. The standard InChI is InChI=1S/C14H21N3O3.Y/c15-14(18)16-12-3-1-4-13(11-12)20-8-2-5-17-6-9-19-10-7-17;/h1,3-4,11H,2,5-10H2,(H3,15,16,18);/p-1. The number of benzene rings is 1. The summed E-state index contributed by atoms with van der Waals surface area (Å²) in [4.78, 5) is 13.0. The van der Waals surface area contributed by atoms with Gasteiger partial charge in [0.15, 0.2) is 6.03 Å². The Kier molecular flexibility index (Phi) is 8.84. The van der Waals surface area contributed by atoms with Crippen molar-refractivity contribution >= 4 is 11.7 Å². The molecule has 0 spiro atoms. The molecule has 0 aliphatic carbocycles. The van der Waals surface area contributed by atoms with E-state index in [-0.39, 0.29) is 32.7 Å². The first-order chi connectivity index (χ1) is 9.74. The average Bonchev–Trinajstić information content (AvgIpc) is 2.44. The van der Waals surface area contributed by atoms with Crippen molar-refractivity contribution in [3.05, 3.63) is 30.0 Å². The minimum Gasteiger partial charge on any atom is -0.494 e. The zero-order valence-electron chi connectivity index (χ0n) is 12.0. The van der Waals surface area contributed by atoms with E-state index in [1.54, 1.807) is 18.2 Å². The van der Waals surface area contributed by atoms with E-state index in [1.165, 1.54) is 0 Å². The van der Waals surface area contributed by atoms with Gasteiger partial charge in [0, 0.05) is 52.3 Å². The van der Waals surface area contributed by atoms with Crippen LogP contribution in [-0.2, 0) is 37.4 Å². The first kappa shape index (κ1) is 18.4. The minimum atomic E-state index is -0.825. The van der Waals surface area contributed by atoms with Crippen LogP contribution in [0.15, 0.2) is 24.3 Å². The summed E-state index contributed by atoms with van der Waals surface area (Å²) in [5.41, 5.74) is 7.44. The number of hydrogen-bond donors (Lipinski definition) is 1. The molecule has 0 aromatic heterocycles. The van der Waals surface area contributed by atoms with Gasteiger partial charge in [-0.15, -0.1) is 0 Å². The van der Waals surface area contributed by atoms with Crippen LogP contribution >= 0.6 is 0 Å². The molecule has 0 atom stereocenters. The van der Waals surface area contributed by atoms with Crippen LogP contribution in [0.5, 0.6) is 5.75 Å². The van der Waals surface area contributed by atoms with Crippen molar-refractivity contribution in [3.63, 3.8) is 0 Å². The van der Waals surface area contributed by atoms with Crippen LogP contribution in [0.4, 0.5) is 10.5 Å². The van der Waals surface area contributed by atoms with Gasteiger partial charge in [-0.25, -0.2) is 0 Å². The van der Waals surface area contributed by atoms with Crippen LogP contribution in [0.25, 0.3) is 5.73 Å². The summed E-state index contributed by atoms with van der Waals surface area (Å²) in [6.45, 7) is 5.25. The molecule has 1 aliphatic heterocycles. The molecule has 0 bridgehead atoms. The number of nitrogens with zero attached hydrogens (tertiary/aromatic N) is 1. The van der Waals surface area contributed by atoms with Crippen LogP contribution < -0.4 is 10.1 Å². The second-order valence-electron chi connectivity index (χ2n) is 4.64. The summed E-state index contributed by atoms with van der Waals surface area (Å²) in [5, 5.41) is 2.41. The quantitative estimate of drug-likeness (QED) is 0.784. The monoisotopic (exact) mass is 367 g/mol. The molecule has 1 saturated heterocycles. The molecule has 113 valence electrons. The third kappa shape index (κ3) is 7.22. The van der Waals surface area contributed by atoms with Crippen molar-refractivity contribution in [2.45, 2.75) is 6.42 Å². The molecule has 0 saturated carbocycles. The van der Waals surface area contributed by atoms with Gasteiger partial charge in [-0.1, -0.05) is 12.1 Å². The fourth-order valence-corrected chi connectivity index (χ4v) is 2.10. The van der Waals surface area contributed by atoms with Crippen molar-refractivity contribution in [2.24, 2.45) is 0 Å². The Labute approximate surface area is 150 Å². The van der Waals surface area contributed by atoms with E-state index < -0.39 is 6.03 Å². The van der Waals surface area contributed by atoms with Gasteiger partial charge in [0.05, 0.1) is 19.8 Å². The number of amides is 2. The summed E-state index contributed by atoms with van der Waals surface area (Å²) in [6, 6.07) is 6.26. The Morgan fingerprint density at radius 3 is 2.86 bits per heavy atom. The molecular weight excluding hydrogens is 347 g/mol. The smallest absolute Gasteiger partial charge is 0.153 e. The summed E-state index contributed by atoms with van der Waals surface area (Å²) in [7, 11) is 0. The normalized spacial score (nSPS) is 15.0. The molecule has 1 aromatic rings. The number of urea groups is 1. The topological polar surface area (TPSA) is 74.6 Å². The number of anilines is 1. The van der Waals surface area contributed by atoms with Crippen molar-refractivity contribution in [3.8, 4) is 5.75 Å². The zero-order valence-corrected chi connectivity index (χ0v) is 14.8. The van der Waals surface area contributed by atoms with Gasteiger partial charge >= 0.3 is 0 Å². The Morgan fingerprint density at radius 2 is 2.14 bits per heavy atom. The van der Waals surface area contributed by atoms with Crippen molar-refractivity contribution < 1.29 is 47.0 Å². The second kappa shape index (κ2) is 10.1. The molecule has 6 nitrogen and oxygen atoms in total. The number of carbonyl (C=O) groups is 1. The summed E-state index contributed by atoms with van der Waals surface area (Å²) >= 11 is 0. The number of morpholine rings is 1. The van der Waals surface area contributed by atoms with Crippen molar-refractivity contribution in [2.75, 3.05) is 44.8 Å². The van der Waals surface area contributed by atoms with Gasteiger partial charge in [-0.3, -0.25) is 9.69 Å². The van der Waals surface area contributed by atoms with Crippen LogP contribution in [0.1, 0.15) is 6.42 Å². The molecule has 7 heteroatoms. The predicted molar refractivity (Wildman–Crippen MR) is 77.2 cm³/mol. The van der Waals surface area contributed by atoms with E-state index in [9.17, 15) is 4.79 Å². The molecule has 1 fully saturated rings. The third-order valence-electron chi connectivity index (χ3n) is 3.08. The largest absolute Gasteiger partial charge is 0.494 e. The van der Waals surface area contributed by atoms with Gasteiger partial charge in [0.2, 0.25) is 0 Å². The molecule has 0 unspecified atom stereocenters. The van der Waals surface area contributed by atoms with Crippen LogP contribution in [0.3, 0.4) is 0 Å². The third-order valence-corrected chi connectivity index (χ3v) is 3.08. The predicted octanol–water partition coefficient (Wildman–Crippen LogP) is 2.37. The Hall–Kier alpha value is -0.686. The van der Waals surface area contributed by atoms with E-state index in [1.807, 2.05) is 6.07 Å². The number of carbonyl (C=O) groups excluding carboxylic acids is 1. The molecule has 2 N–H and O–H groups in total. The molecule has 2 rings (SSSR count). The number of ether oxygens (including phenoxy) is 2. The molecule has 1 aromatic carbocycles. The minimum absolute atomic E-state index is 0. The van der Waals surface area contributed by atoms with E-state index in [4.69, 9.17) is 15.2 Å². The SMILES string of the molecule is [NH-]C(=O)Nc1cccc(OCCCN2CCOCC2)c1.[Y]. The zero-order chi connectivity index (χ0) is 14.2. The molecule has 2 amide bonds. The maximum atomic E-state index is 10.7. The Bertz CT molecular complexity index is 439. The number of hydrogen-bond acceptors (Lipinski definition) is 4. The van der Waals surface area contributed by atoms with Crippen LogP contribution in [0, 0.1) is 0 Å². The van der Waals surface area contributed by atoms with Gasteiger partial charge < -0.3 is 20.5 Å². The fraction of sp³-hybridized carbons (Fsp3) is 0.500. The van der Waals surface area contributed by atoms with Crippen LogP contribution in [0.2, 0.25) is 0 Å². The molecular formula is C14H20N3O3Y-. The Morgan fingerprint density at radius 1 is 1.38 bits per heavy atom. The van der Waals surface area contributed by atoms with Crippen molar-refractivity contribution in [1.82, 2.24) is 4.90 Å². The Balaban J connectivity index is 0.00000220.